The van der Waals surface area contributed by atoms with Crippen LogP contribution in [-0.4, -0.2) is 86.9 Å². The number of likely N-dealkylation sites (tertiary alicyclic amines) is 1. The van der Waals surface area contributed by atoms with E-state index in [9.17, 15) is 23.7 Å². The van der Waals surface area contributed by atoms with Gasteiger partial charge < -0.3 is 19.4 Å². The summed E-state index contributed by atoms with van der Waals surface area (Å²) in [7, 11) is -3.49. The number of nitriles is 2. The molecule has 0 saturated carbocycles. The molecule has 0 aromatic rings. The zero-order valence-corrected chi connectivity index (χ0v) is 20.2. The first-order chi connectivity index (χ1) is 14.9. The molecule has 10 nitrogen and oxygen atoms in total. The van der Waals surface area contributed by atoms with Crippen molar-refractivity contribution in [3.05, 3.63) is 11.4 Å². The highest BCUT2D eigenvalue weighted by molar-refractivity contribution is 7.85. The third kappa shape index (κ3) is 7.88. The highest BCUT2D eigenvalue weighted by atomic mass is 32.2. The number of carbonyl (C=O) groups is 1. The Morgan fingerprint density at radius 1 is 1.09 bits per heavy atom. The molecular formula is C21H33N5O5S. The van der Waals surface area contributed by atoms with Crippen LogP contribution in [0.3, 0.4) is 0 Å². The second-order valence-corrected chi connectivity index (χ2v) is 10.8. The van der Waals surface area contributed by atoms with Crippen LogP contribution in [0.4, 0.5) is 4.79 Å². The molecule has 11 heteroatoms. The second kappa shape index (κ2) is 10.9. The number of carbonyl (C=O) groups excluding carboxylic acids is 1. The lowest BCUT2D eigenvalue weighted by molar-refractivity contribution is 0.0174. The lowest BCUT2D eigenvalue weighted by Crippen LogP contribution is -2.43. The Labute approximate surface area is 191 Å². The van der Waals surface area contributed by atoms with E-state index in [0.717, 1.165) is 19.1 Å². The molecule has 0 atom stereocenters. The molecule has 2 rings (SSSR count). The minimum Gasteiger partial charge on any atom is -0.444 e. The number of ether oxygens (including phenoxy) is 1. The van der Waals surface area contributed by atoms with Crippen molar-refractivity contribution in [1.29, 1.82) is 10.5 Å². The third-order valence-corrected chi connectivity index (χ3v) is 5.90. The Kier molecular flexibility index (Phi) is 8.76. The molecule has 1 amide bonds. The van der Waals surface area contributed by atoms with Gasteiger partial charge in [-0.2, -0.15) is 18.9 Å². The molecule has 2 heterocycles. The van der Waals surface area contributed by atoms with Gasteiger partial charge in [-0.1, -0.05) is 0 Å². The second-order valence-electron chi connectivity index (χ2n) is 9.15. The number of piperidine rings is 1. The lowest BCUT2D eigenvalue weighted by atomic mass is 9.96. The summed E-state index contributed by atoms with van der Waals surface area (Å²) in [5.74, 6) is 0.930. The molecule has 0 N–H and O–H groups in total. The fraction of sp³-hybridized carbons (Fsp3) is 0.762. The van der Waals surface area contributed by atoms with Crippen molar-refractivity contribution in [2.24, 2.45) is 5.92 Å². The average molecular weight is 468 g/mol. The number of hydrogen-bond acceptors (Lipinski definition) is 9. The summed E-state index contributed by atoms with van der Waals surface area (Å²) in [6.45, 7) is 9.34. The van der Waals surface area contributed by atoms with Gasteiger partial charge in [-0.3, -0.25) is 4.18 Å². The van der Waals surface area contributed by atoms with Crippen molar-refractivity contribution in [3.63, 3.8) is 0 Å². The van der Waals surface area contributed by atoms with Crippen LogP contribution in [0.15, 0.2) is 11.4 Å². The van der Waals surface area contributed by atoms with E-state index in [1.807, 2.05) is 37.8 Å². The van der Waals surface area contributed by atoms with E-state index in [4.69, 9.17) is 8.92 Å². The topological polar surface area (TPSA) is 127 Å². The van der Waals surface area contributed by atoms with Gasteiger partial charge >= 0.3 is 6.09 Å². The van der Waals surface area contributed by atoms with Crippen molar-refractivity contribution >= 4 is 16.2 Å². The third-order valence-electron chi connectivity index (χ3n) is 5.30. The quantitative estimate of drug-likeness (QED) is 0.313. The van der Waals surface area contributed by atoms with Crippen LogP contribution in [0.5, 0.6) is 0 Å². The molecule has 0 aliphatic carbocycles. The summed E-state index contributed by atoms with van der Waals surface area (Å²) < 4.78 is 32.5. The van der Waals surface area contributed by atoms with Gasteiger partial charge in [0.25, 0.3) is 10.1 Å². The van der Waals surface area contributed by atoms with Crippen molar-refractivity contribution in [2.75, 3.05) is 52.1 Å². The van der Waals surface area contributed by atoms with Gasteiger partial charge in [0.15, 0.2) is 5.57 Å². The monoisotopic (exact) mass is 467 g/mol. The summed E-state index contributed by atoms with van der Waals surface area (Å²) in [5, 5.41) is 18.9. The van der Waals surface area contributed by atoms with Gasteiger partial charge in [0.1, 0.15) is 23.6 Å². The molecule has 0 unspecified atom stereocenters. The number of nitrogens with zero attached hydrogens (tertiary/aromatic N) is 5. The van der Waals surface area contributed by atoms with Gasteiger partial charge in [0, 0.05) is 39.3 Å². The highest BCUT2D eigenvalue weighted by Gasteiger charge is 2.32. The fourth-order valence-electron chi connectivity index (χ4n) is 3.89. The lowest BCUT2D eigenvalue weighted by Gasteiger charge is -2.35. The molecular weight excluding hydrogens is 434 g/mol. The maximum absolute atomic E-state index is 12.3. The minimum absolute atomic E-state index is 0.0534. The Morgan fingerprint density at radius 3 is 2.22 bits per heavy atom. The first kappa shape index (κ1) is 25.8. The highest BCUT2D eigenvalue weighted by Crippen LogP contribution is 2.27. The predicted molar refractivity (Wildman–Crippen MR) is 117 cm³/mol. The molecule has 0 radical (unpaired) electrons. The first-order valence-electron chi connectivity index (χ1n) is 10.8. The summed E-state index contributed by atoms with van der Waals surface area (Å²) in [6, 6.07) is 3.98. The molecule has 2 fully saturated rings. The van der Waals surface area contributed by atoms with Crippen molar-refractivity contribution in [2.45, 2.75) is 45.6 Å². The van der Waals surface area contributed by atoms with Crippen molar-refractivity contribution in [3.8, 4) is 12.1 Å². The summed E-state index contributed by atoms with van der Waals surface area (Å²) in [6.07, 6.45) is 2.81. The van der Waals surface area contributed by atoms with E-state index in [1.165, 1.54) is 0 Å². The molecule has 2 saturated heterocycles. The van der Waals surface area contributed by atoms with Gasteiger partial charge in [0.05, 0.1) is 12.9 Å². The number of rotatable bonds is 7. The van der Waals surface area contributed by atoms with E-state index in [2.05, 4.69) is 4.90 Å². The van der Waals surface area contributed by atoms with E-state index < -0.39 is 15.7 Å². The Hall–Kier alpha value is -2.50. The molecule has 2 aliphatic rings. The van der Waals surface area contributed by atoms with E-state index >= 15 is 0 Å². The van der Waals surface area contributed by atoms with Crippen LogP contribution < -0.4 is 0 Å². The van der Waals surface area contributed by atoms with E-state index in [-0.39, 0.29) is 18.3 Å². The Morgan fingerprint density at radius 2 is 1.69 bits per heavy atom. The van der Waals surface area contributed by atoms with Gasteiger partial charge in [-0.05, 0) is 46.0 Å². The molecule has 178 valence electrons. The number of amides is 1. The van der Waals surface area contributed by atoms with Crippen LogP contribution in [0, 0.1) is 28.6 Å². The minimum atomic E-state index is -3.49. The zero-order chi connectivity index (χ0) is 23.9. The van der Waals surface area contributed by atoms with Crippen LogP contribution in [-0.2, 0) is 19.0 Å². The number of hydrogen-bond donors (Lipinski definition) is 0. The van der Waals surface area contributed by atoms with Crippen molar-refractivity contribution < 1.29 is 22.1 Å². The summed E-state index contributed by atoms with van der Waals surface area (Å²) in [4.78, 5) is 18.0. The molecule has 0 aromatic carbocycles. The van der Waals surface area contributed by atoms with Crippen molar-refractivity contribution in [1.82, 2.24) is 14.7 Å². The van der Waals surface area contributed by atoms with Crippen LogP contribution >= 0.6 is 0 Å². The molecule has 0 spiro atoms. The zero-order valence-electron chi connectivity index (χ0n) is 19.3. The maximum atomic E-state index is 12.3. The first-order valence-corrected chi connectivity index (χ1v) is 12.6. The predicted octanol–water partition coefficient (Wildman–Crippen LogP) is 1.88. The Balaban J connectivity index is 1.95. The maximum Gasteiger partial charge on any atom is 0.410 e. The molecule has 2 aliphatic heterocycles. The average Bonchev–Trinajstić information content (AvgIpc) is 3.07. The van der Waals surface area contributed by atoms with E-state index in [0.29, 0.717) is 57.4 Å². The molecule has 0 bridgehead atoms. The summed E-state index contributed by atoms with van der Waals surface area (Å²) in [5.41, 5.74) is -0.470. The van der Waals surface area contributed by atoms with Crippen LogP contribution in [0.1, 0.15) is 40.0 Å². The summed E-state index contributed by atoms with van der Waals surface area (Å²) >= 11 is 0. The molecule has 32 heavy (non-hydrogen) atoms. The SMILES string of the molecule is CC(C)(C)OC(=O)N1CCC(CN2CCN(CCCOS(C)(=O)=O)C2=C(C#N)C#N)CC1. The van der Waals surface area contributed by atoms with Gasteiger partial charge in [-0.15, -0.1) is 0 Å². The smallest absolute Gasteiger partial charge is 0.410 e. The standard InChI is InChI=1S/C21H33N5O5S/c1-21(2,3)31-20(27)25-9-6-17(7-10-25)16-26-12-11-24(19(26)18(14-22)15-23)8-5-13-30-32(4,28)29/h17H,5-13,16H2,1-4H3. The Bertz CT molecular complexity index is 873. The van der Waals surface area contributed by atoms with Crippen LogP contribution in [0.25, 0.3) is 0 Å². The van der Waals surface area contributed by atoms with Gasteiger partial charge in [0.2, 0.25) is 0 Å². The van der Waals surface area contributed by atoms with Gasteiger partial charge in [-0.25, -0.2) is 4.79 Å². The normalized spacial score (nSPS) is 17.8. The van der Waals surface area contributed by atoms with E-state index in [1.54, 1.807) is 4.90 Å². The molecule has 0 aromatic heterocycles. The van der Waals surface area contributed by atoms with Crippen LogP contribution in [0.2, 0.25) is 0 Å². The fourth-order valence-corrected chi connectivity index (χ4v) is 4.31. The largest absolute Gasteiger partial charge is 0.444 e. The number of allylic oxidation sites excluding steroid dienone is 1.